The van der Waals surface area contributed by atoms with Gasteiger partial charge in [0, 0.05) is 13.5 Å². The van der Waals surface area contributed by atoms with Crippen molar-refractivity contribution in [1.29, 1.82) is 0 Å². The number of carbonyl (C=O) groups is 1. The number of nitrogens with one attached hydrogen (secondary N) is 1. The summed E-state index contributed by atoms with van der Waals surface area (Å²) in [6.45, 7) is 1.42. The molecule has 4 nitrogen and oxygen atoms in total. The highest BCUT2D eigenvalue weighted by molar-refractivity contribution is 7.91. The second kappa shape index (κ2) is 6.54. The number of hydrogen-bond acceptors (Lipinski definition) is 3. The number of hydrogen-bond donors (Lipinski definition) is 1. The number of benzene rings is 2. The zero-order valence-electron chi connectivity index (χ0n) is 11.7. The Kier molecular flexibility index (Phi) is 4.75. The van der Waals surface area contributed by atoms with Gasteiger partial charge in [0.15, 0.2) is 9.84 Å². The van der Waals surface area contributed by atoms with Crippen LogP contribution >= 0.6 is 0 Å². The molecule has 0 radical (unpaired) electrons. The fourth-order valence-corrected chi connectivity index (χ4v) is 3.77. The van der Waals surface area contributed by atoms with Gasteiger partial charge in [0.05, 0.1) is 4.90 Å². The van der Waals surface area contributed by atoms with Crippen molar-refractivity contribution in [3.05, 3.63) is 66.2 Å². The van der Waals surface area contributed by atoms with Crippen molar-refractivity contribution in [2.24, 2.45) is 0 Å². The van der Waals surface area contributed by atoms with E-state index in [4.69, 9.17) is 0 Å². The third kappa shape index (κ3) is 3.70. The smallest absolute Gasteiger partial charge is 0.216 e. The molecule has 0 spiro atoms. The predicted octanol–water partition coefficient (Wildman–Crippen LogP) is 2.34. The maximum absolute atomic E-state index is 12.8. The third-order valence-electron chi connectivity index (χ3n) is 3.15. The van der Waals surface area contributed by atoms with Gasteiger partial charge in [-0.05, 0) is 17.7 Å². The van der Waals surface area contributed by atoms with Crippen molar-refractivity contribution in [1.82, 2.24) is 5.32 Å². The summed E-state index contributed by atoms with van der Waals surface area (Å²) >= 11 is 0. The highest BCUT2D eigenvalue weighted by Gasteiger charge is 2.28. The van der Waals surface area contributed by atoms with Gasteiger partial charge >= 0.3 is 0 Å². The zero-order valence-corrected chi connectivity index (χ0v) is 12.5. The molecular weight excluding hydrogens is 286 g/mol. The van der Waals surface area contributed by atoms with Crippen LogP contribution in [0.3, 0.4) is 0 Å². The van der Waals surface area contributed by atoms with Gasteiger partial charge in [-0.2, -0.15) is 0 Å². The van der Waals surface area contributed by atoms with E-state index in [0.717, 1.165) is 0 Å². The number of amides is 1. The third-order valence-corrected chi connectivity index (χ3v) is 5.27. The molecule has 2 aromatic carbocycles. The molecule has 21 heavy (non-hydrogen) atoms. The largest absolute Gasteiger partial charge is 0.355 e. The first-order valence-electron chi connectivity index (χ1n) is 6.60. The summed E-state index contributed by atoms with van der Waals surface area (Å²) in [4.78, 5) is 11.4. The molecule has 0 bridgehead atoms. The van der Waals surface area contributed by atoms with E-state index in [1.807, 2.05) is 6.07 Å². The van der Waals surface area contributed by atoms with Crippen LogP contribution < -0.4 is 5.32 Å². The fraction of sp³-hybridized carbons (Fsp3) is 0.188. The minimum atomic E-state index is -3.56. The Morgan fingerprint density at radius 3 is 2.05 bits per heavy atom. The minimum absolute atomic E-state index is 0.0522. The van der Waals surface area contributed by atoms with Gasteiger partial charge in [-0.3, -0.25) is 4.79 Å². The van der Waals surface area contributed by atoms with E-state index in [1.54, 1.807) is 54.6 Å². The fourth-order valence-electron chi connectivity index (χ4n) is 2.09. The summed E-state index contributed by atoms with van der Waals surface area (Å²) in [6, 6.07) is 17.2. The van der Waals surface area contributed by atoms with Crippen LogP contribution in [0.5, 0.6) is 0 Å². The molecule has 110 valence electrons. The van der Waals surface area contributed by atoms with Gasteiger partial charge in [-0.15, -0.1) is 0 Å². The minimum Gasteiger partial charge on any atom is -0.355 e. The van der Waals surface area contributed by atoms with Crippen LogP contribution in [0.2, 0.25) is 0 Å². The summed E-state index contributed by atoms with van der Waals surface area (Å²) in [5.74, 6) is -0.251. The molecule has 1 amide bonds. The van der Waals surface area contributed by atoms with Crippen molar-refractivity contribution < 1.29 is 13.2 Å². The van der Waals surface area contributed by atoms with E-state index in [-0.39, 0.29) is 17.3 Å². The molecule has 0 unspecified atom stereocenters. The Balaban J connectivity index is 2.42. The maximum atomic E-state index is 12.8. The average Bonchev–Trinajstić information content (AvgIpc) is 2.49. The van der Waals surface area contributed by atoms with Crippen LogP contribution in [0.4, 0.5) is 0 Å². The Morgan fingerprint density at radius 2 is 1.52 bits per heavy atom. The van der Waals surface area contributed by atoms with Gasteiger partial charge < -0.3 is 5.32 Å². The van der Waals surface area contributed by atoms with Crippen LogP contribution in [0.25, 0.3) is 0 Å². The normalized spacial score (nSPS) is 12.6. The van der Waals surface area contributed by atoms with Crippen molar-refractivity contribution >= 4 is 15.7 Å². The van der Waals surface area contributed by atoms with E-state index >= 15 is 0 Å². The second-order valence-electron chi connectivity index (χ2n) is 4.69. The van der Waals surface area contributed by atoms with Gasteiger partial charge in [-0.25, -0.2) is 8.42 Å². The van der Waals surface area contributed by atoms with Gasteiger partial charge in [0.2, 0.25) is 5.91 Å². The molecule has 1 atom stereocenters. The Bertz CT molecular complexity index is 697. The SMILES string of the molecule is CC(=O)NC[C@@H](c1ccccc1)S(=O)(=O)c1ccccc1. The molecule has 0 fully saturated rings. The lowest BCUT2D eigenvalue weighted by Gasteiger charge is -2.18. The lowest BCUT2D eigenvalue weighted by molar-refractivity contribution is -0.118. The lowest BCUT2D eigenvalue weighted by Crippen LogP contribution is -2.30. The standard InChI is InChI=1S/C16H17NO3S/c1-13(18)17-12-16(14-8-4-2-5-9-14)21(19,20)15-10-6-3-7-11-15/h2-11,16H,12H2,1H3,(H,17,18)/t16-/m0/s1. The molecule has 1 N–H and O–H groups in total. The Labute approximate surface area is 124 Å². The van der Waals surface area contributed by atoms with E-state index in [0.29, 0.717) is 5.56 Å². The van der Waals surface area contributed by atoms with E-state index in [1.165, 1.54) is 6.92 Å². The van der Waals surface area contributed by atoms with Crippen LogP contribution in [0, 0.1) is 0 Å². The monoisotopic (exact) mass is 303 g/mol. The van der Waals surface area contributed by atoms with E-state index in [9.17, 15) is 13.2 Å². The highest BCUT2D eigenvalue weighted by atomic mass is 32.2. The van der Waals surface area contributed by atoms with Gasteiger partial charge in [0.25, 0.3) is 0 Å². The van der Waals surface area contributed by atoms with Crippen LogP contribution in [0.1, 0.15) is 17.7 Å². The Hall–Kier alpha value is -2.14. The molecular formula is C16H17NO3S. The summed E-state index contributed by atoms with van der Waals surface area (Å²) < 4.78 is 25.6. The quantitative estimate of drug-likeness (QED) is 0.922. The lowest BCUT2D eigenvalue weighted by atomic mass is 10.1. The summed E-state index contributed by atoms with van der Waals surface area (Å²) in [5, 5.41) is 1.80. The molecule has 0 heterocycles. The predicted molar refractivity (Wildman–Crippen MR) is 81.5 cm³/mol. The molecule has 0 saturated heterocycles. The number of carbonyl (C=O) groups excluding carboxylic acids is 1. The van der Waals surface area contributed by atoms with Crippen molar-refractivity contribution in [3.8, 4) is 0 Å². The second-order valence-corrected chi connectivity index (χ2v) is 6.82. The highest BCUT2D eigenvalue weighted by Crippen LogP contribution is 2.28. The molecule has 0 saturated carbocycles. The Morgan fingerprint density at radius 1 is 1.00 bits per heavy atom. The topological polar surface area (TPSA) is 63.2 Å². The van der Waals surface area contributed by atoms with E-state index in [2.05, 4.69) is 5.32 Å². The molecule has 0 aliphatic rings. The zero-order chi connectivity index (χ0) is 15.3. The average molecular weight is 303 g/mol. The summed E-state index contributed by atoms with van der Waals surface area (Å²) in [6.07, 6.45) is 0. The van der Waals surface area contributed by atoms with Crippen LogP contribution in [-0.4, -0.2) is 20.9 Å². The van der Waals surface area contributed by atoms with Crippen molar-refractivity contribution in [2.45, 2.75) is 17.1 Å². The first-order chi connectivity index (χ1) is 10.0. The number of rotatable bonds is 5. The van der Waals surface area contributed by atoms with Crippen LogP contribution in [0.15, 0.2) is 65.6 Å². The van der Waals surface area contributed by atoms with Gasteiger partial charge in [0.1, 0.15) is 5.25 Å². The molecule has 0 aromatic heterocycles. The molecule has 2 rings (SSSR count). The van der Waals surface area contributed by atoms with Crippen molar-refractivity contribution in [3.63, 3.8) is 0 Å². The van der Waals surface area contributed by atoms with Crippen LogP contribution in [-0.2, 0) is 14.6 Å². The first-order valence-corrected chi connectivity index (χ1v) is 8.15. The molecule has 2 aromatic rings. The number of sulfone groups is 1. The molecule has 5 heteroatoms. The summed E-state index contributed by atoms with van der Waals surface area (Å²) in [5.41, 5.74) is 0.662. The van der Waals surface area contributed by atoms with Crippen molar-refractivity contribution in [2.75, 3.05) is 6.54 Å². The first kappa shape index (κ1) is 15.3. The summed E-state index contributed by atoms with van der Waals surface area (Å²) in [7, 11) is -3.56. The van der Waals surface area contributed by atoms with E-state index < -0.39 is 15.1 Å². The molecule has 0 aliphatic carbocycles. The molecule has 0 aliphatic heterocycles. The van der Waals surface area contributed by atoms with Gasteiger partial charge in [-0.1, -0.05) is 48.5 Å². The maximum Gasteiger partial charge on any atom is 0.216 e.